The maximum absolute atomic E-state index is 12.6. The number of benzene rings is 2. The summed E-state index contributed by atoms with van der Waals surface area (Å²) in [5, 5.41) is 13.6. The van der Waals surface area contributed by atoms with Crippen molar-refractivity contribution < 1.29 is 4.79 Å². The van der Waals surface area contributed by atoms with Gasteiger partial charge in [0.05, 0.1) is 11.3 Å². The van der Waals surface area contributed by atoms with Crippen molar-refractivity contribution >= 4 is 39.9 Å². The molecule has 0 saturated carbocycles. The lowest BCUT2D eigenvalue weighted by Gasteiger charge is -2.12. The number of hydrogen-bond acceptors (Lipinski definition) is 4. The fraction of sp³-hybridized carbons (Fsp3) is 0.227. The van der Waals surface area contributed by atoms with Gasteiger partial charge in [-0.25, -0.2) is 0 Å². The summed E-state index contributed by atoms with van der Waals surface area (Å²) in [7, 11) is 0. The van der Waals surface area contributed by atoms with E-state index >= 15 is 0 Å². The van der Waals surface area contributed by atoms with Gasteiger partial charge in [-0.1, -0.05) is 55.1 Å². The van der Waals surface area contributed by atoms with E-state index in [0.717, 1.165) is 50.5 Å². The predicted molar refractivity (Wildman–Crippen MR) is 115 cm³/mol. The molecule has 0 radical (unpaired) electrons. The van der Waals surface area contributed by atoms with Gasteiger partial charge in [-0.15, -0.1) is 10.2 Å². The largest absolute Gasteiger partial charge is 0.325 e. The second-order valence-corrected chi connectivity index (χ2v) is 7.76. The molecule has 0 aliphatic carbocycles. The zero-order valence-corrected chi connectivity index (χ0v) is 17.0. The molecule has 0 aliphatic heterocycles. The van der Waals surface area contributed by atoms with Crippen LogP contribution >= 0.6 is 11.8 Å². The highest BCUT2D eigenvalue weighted by atomic mass is 32.2. The van der Waals surface area contributed by atoms with E-state index in [0.29, 0.717) is 0 Å². The minimum absolute atomic E-state index is 0.0397. The van der Waals surface area contributed by atoms with Gasteiger partial charge >= 0.3 is 0 Å². The summed E-state index contributed by atoms with van der Waals surface area (Å²) in [5.74, 6) is 0.239. The average Bonchev–Trinajstić information content (AvgIpc) is 3.11. The molecule has 4 aromatic rings. The predicted octanol–water partition coefficient (Wildman–Crippen LogP) is 4.79. The Balaban J connectivity index is 1.58. The van der Waals surface area contributed by atoms with Crippen molar-refractivity contribution in [2.75, 3.05) is 11.1 Å². The highest BCUT2D eigenvalue weighted by Crippen LogP contribution is 2.26. The smallest absolute Gasteiger partial charge is 0.234 e. The number of carbonyl (C=O) groups is 1. The van der Waals surface area contributed by atoms with Crippen molar-refractivity contribution in [3.05, 3.63) is 65.2 Å². The zero-order valence-electron chi connectivity index (χ0n) is 16.2. The van der Waals surface area contributed by atoms with Gasteiger partial charge in [0.1, 0.15) is 0 Å². The molecule has 28 heavy (non-hydrogen) atoms. The fourth-order valence-electron chi connectivity index (χ4n) is 3.48. The topological polar surface area (TPSA) is 59.3 Å². The van der Waals surface area contributed by atoms with Crippen molar-refractivity contribution in [1.82, 2.24) is 14.6 Å². The third-order valence-corrected chi connectivity index (χ3v) is 5.84. The zero-order chi connectivity index (χ0) is 19.7. The number of para-hydroxylation sites is 2. The maximum Gasteiger partial charge on any atom is 0.234 e. The van der Waals surface area contributed by atoms with Crippen molar-refractivity contribution in [3.8, 4) is 0 Å². The summed E-state index contributed by atoms with van der Waals surface area (Å²) in [4.78, 5) is 12.6. The van der Waals surface area contributed by atoms with Crippen molar-refractivity contribution in [2.45, 2.75) is 32.3 Å². The van der Waals surface area contributed by atoms with E-state index in [1.165, 1.54) is 11.8 Å². The van der Waals surface area contributed by atoms with Gasteiger partial charge in [0.15, 0.2) is 10.8 Å². The van der Waals surface area contributed by atoms with E-state index in [4.69, 9.17) is 0 Å². The molecule has 2 aromatic heterocycles. The summed E-state index contributed by atoms with van der Waals surface area (Å²) in [6, 6.07) is 16.3. The van der Waals surface area contributed by atoms with Gasteiger partial charge in [0.25, 0.3) is 0 Å². The summed E-state index contributed by atoms with van der Waals surface area (Å²) in [6.07, 6.45) is 0.880. The van der Waals surface area contributed by atoms with Crippen LogP contribution in [-0.4, -0.2) is 26.3 Å². The lowest BCUT2D eigenvalue weighted by atomic mass is 10.1. The van der Waals surface area contributed by atoms with Gasteiger partial charge in [-0.05, 0) is 49.1 Å². The van der Waals surface area contributed by atoms with E-state index in [-0.39, 0.29) is 11.7 Å². The molecule has 142 valence electrons. The molecule has 0 unspecified atom stereocenters. The summed E-state index contributed by atoms with van der Waals surface area (Å²) in [6.45, 7) is 6.18. The second-order valence-electron chi connectivity index (χ2n) is 6.82. The van der Waals surface area contributed by atoms with Gasteiger partial charge in [-0.3, -0.25) is 9.20 Å². The molecule has 1 N–H and O–H groups in total. The van der Waals surface area contributed by atoms with Crippen LogP contribution in [0.2, 0.25) is 0 Å². The molecule has 1 amide bonds. The number of fused-ring (bicyclic) bond motifs is 3. The average molecular weight is 391 g/mol. The van der Waals surface area contributed by atoms with Crippen LogP contribution in [0.3, 0.4) is 0 Å². The van der Waals surface area contributed by atoms with Crippen LogP contribution in [0.25, 0.3) is 16.6 Å². The number of rotatable bonds is 5. The first kappa shape index (κ1) is 18.5. The molecule has 0 aliphatic rings. The fourth-order valence-corrected chi connectivity index (χ4v) is 4.23. The number of hydrogen-bond donors (Lipinski definition) is 1. The molecular weight excluding hydrogens is 368 g/mol. The number of amides is 1. The summed E-state index contributed by atoms with van der Waals surface area (Å²) < 4.78 is 2.02. The van der Waals surface area contributed by atoms with Crippen molar-refractivity contribution in [2.24, 2.45) is 0 Å². The van der Waals surface area contributed by atoms with Crippen LogP contribution in [0.1, 0.15) is 23.6 Å². The van der Waals surface area contributed by atoms with Crippen molar-refractivity contribution in [1.29, 1.82) is 0 Å². The number of anilines is 1. The summed E-state index contributed by atoms with van der Waals surface area (Å²) >= 11 is 1.40. The van der Waals surface area contributed by atoms with E-state index in [1.54, 1.807) is 0 Å². The normalized spacial score (nSPS) is 11.2. The minimum atomic E-state index is -0.0397. The number of aromatic nitrogens is 3. The molecule has 0 saturated heterocycles. The number of nitrogens with one attached hydrogen (secondary N) is 1. The van der Waals surface area contributed by atoms with Crippen molar-refractivity contribution in [3.63, 3.8) is 0 Å². The molecule has 0 spiro atoms. The Kier molecular flexibility index (Phi) is 5.05. The molecule has 4 rings (SSSR count). The Morgan fingerprint density at radius 1 is 1.07 bits per heavy atom. The van der Waals surface area contributed by atoms with Crippen LogP contribution in [0.4, 0.5) is 5.69 Å². The van der Waals surface area contributed by atoms with Gasteiger partial charge in [0, 0.05) is 11.1 Å². The molecule has 0 atom stereocenters. The highest BCUT2D eigenvalue weighted by Gasteiger charge is 2.14. The number of carbonyl (C=O) groups excluding carboxylic acids is 1. The van der Waals surface area contributed by atoms with E-state index in [2.05, 4.69) is 47.6 Å². The Morgan fingerprint density at radius 2 is 1.89 bits per heavy atom. The Bertz CT molecular complexity index is 1180. The number of nitrogens with zero attached hydrogens (tertiary/aromatic N) is 3. The Labute approximate surface area is 168 Å². The molecule has 0 bridgehead atoms. The Hall–Kier alpha value is -2.86. The van der Waals surface area contributed by atoms with Crippen LogP contribution in [0.15, 0.2) is 53.7 Å². The van der Waals surface area contributed by atoms with E-state index in [1.807, 2.05) is 41.7 Å². The minimum Gasteiger partial charge on any atom is -0.325 e. The number of aryl methyl sites for hydroxylation is 3. The van der Waals surface area contributed by atoms with Crippen LogP contribution in [0.5, 0.6) is 0 Å². The quantitative estimate of drug-likeness (QED) is 0.498. The highest BCUT2D eigenvalue weighted by molar-refractivity contribution is 7.99. The molecule has 0 fully saturated rings. The van der Waals surface area contributed by atoms with E-state index < -0.39 is 0 Å². The van der Waals surface area contributed by atoms with Crippen LogP contribution < -0.4 is 5.32 Å². The first-order chi connectivity index (χ1) is 13.6. The maximum atomic E-state index is 12.6. The van der Waals surface area contributed by atoms with Gasteiger partial charge < -0.3 is 5.32 Å². The molecule has 2 aromatic carbocycles. The second kappa shape index (κ2) is 7.64. The molecule has 2 heterocycles. The third kappa shape index (κ3) is 3.36. The lowest BCUT2D eigenvalue weighted by molar-refractivity contribution is -0.113. The van der Waals surface area contributed by atoms with Crippen LogP contribution in [0, 0.1) is 13.8 Å². The molecule has 5 nitrogen and oxygen atoms in total. The Morgan fingerprint density at radius 3 is 2.71 bits per heavy atom. The monoisotopic (exact) mass is 390 g/mol. The number of pyridine rings is 1. The SMILES string of the molecule is CCc1cccc(C)c1NC(=O)CSc1nnc2cc(C)c3ccccc3n12. The lowest BCUT2D eigenvalue weighted by Crippen LogP contribution is -2.16. The third-order valence-electron chi connectivity index (χ3n) is 4.91. The first-order valence-electron chi connectivity index (χ1n) is 9.33. The molecule has 6 heteroatoms. The number of thioether (sulfide) groups is 1. The summed E-state index contributed by atoms with van der Waals surface area (Å²) in [5.41, 5.74) is 6.16. The molecular formula is C22H22N4OS. The first-order valence-corrected chi connectivity index (χ1v) is 10.3. The van der Waals surface area contributed by atoms with Gasteiger partial charge in [0.2, 0.25) is 5.91 Å². The van der Waals surface area contributed by atoms with Crippen LogP contribution in [-0.2, 0) is 11.2 Å². The standard InChI is InChI=1S/C22H22N4OS/c1-4-16-9-7-8-14(2)21(16)23-20(27)13-28-22-25-24-19-12-15(3)17-10-5-6-11-18(17)26(19)22/h5-12H,4,13H2,1-3H3,(H,23,27). The van der Waals surface area contributed by atoms with E-state index in [9.17, 15) is 4.79 Å². The van der Waals surface area contributed by atoms with Gasteiger partial charge in [-0.2, -0.15) is 0 Å².